The lowest BCUT2D eigenvalue weighted by Gasteiger charge is -2.04. The Hall–Kier alpha value is -1.59. The highest BCUT2D eigenvalue weighted by atomic mass is 16.5. The second kappa shape index (κ2) is 5.65. The molecule has 1 aromatic heterocycles. The van der Waals surface area contributed by atoms with Crippen LogP contribution in [-0.2, 0) is 11.3 Å². The molecule has 0 atom stereocenters. The first kappa shape index (κ1) is 11.9. The number of aromatic amines is 1. The van der Waals surface area contributed by atoms with Crippen LogP contribution in [0.5, 0.6) is 0 Å². The first-order valence-corrected chi connectivity index (χ1v) is 5.78. The Kier molecular flexibility index (Phi) is 3.95. The highest BCUT2D eigenvalue weighted by molar-refractivity contribution is 5.74. The quantitative estimate of drug-likeness (QED) is 0.724. The summed E-state index contributed by atoms with van der Waals surface area (Å²) in [6.45, 7) is 2.40. The van der Waals surface area contributed by atoms with E-state index < -0.39 is 0 Å². The summed E-state index contributed by atoms with van der Waals surface area (Å²) >= 11 is 0. The average Bonchev–Trinajstić information content (AvgIpc) is 2.65. The number of nitrogens with two attached hydrogens (primary N) is 1. The van der Waals surface area contributed by atoms with E-state index in [1.807, 2.05) is 24.3 Å². The lowest BCUT2D eigenvalue weighted by molar-refractivity contribution is 0.136. The van der Waals surface area contributed by atoms with E-state index in [9.17, 15) is 4.79 Å². The maximum Gasteiger partial charge on any atom is 0.326 e. The summed E-state index contributed by atoms with van der Waals surface area (Å²) < 4.78 is 7.02. The largest absolute Gasteiger partial charge is 0.380 e. The van der Waals surface area contributed by atoms with E-state index in [1.54, 1.807) is 4.57 Å². The fraction of sp³-hybridized carbons (Fsp3) is 0.417. The number of fused-ring (bicyclic) bond motifs is 1. The molecule has 5 nitrogen and oxygen atoms in total. The molecule has 0 fully saturated rings. The molecule has 0 saturated carbocycles. The van der Waals surface area contributed by atoms with Gasteiger partial charge in [0, 0.05) is 19.7 Å². The summed E-state index contributed by atoms with van der Waals surface area (Å²) in [5.41, 5.74) is 7.07. The number of imidazole rings is 1. The van der Waals surface area contributed by atoms with E-state index in [4.69, 9.17) is 10.5 Å². The number of aromatic nitrogens is 2. The van der Waals surface area contributed by atoms with Crippen molar-refractivity contribution in [3.63, 3.8) is 0 Å². The van der Waals surface area contributed by atoms with Crippen molar-refractivity contribution >= 4 is 11.0 Å². The first-order valence-electron chi connectivity index (χ1n) is 5.78. The molecule has 0 unspecified atom stereocenters. The number of hydrogen-bond donors (Lipinski definition) is 2. The Morgan fingerprint density at radius 2 is 2.12 bits per heavy atom. The summed E-state index contributed by atoms with van der Waals surface area (Å²) in [5, 5.41) is 0. The Balaban J connectivity index is 2.03. The van der Waals surface area contributed by atoms with Crippen LogP contribution in [-0.4, -0.2) is 29.3 Å². The summed E-state index contributed by atoms with van der Waals surface area (Å²) in [7, 11) is 0. The number of H-pyrrole nitrogens is 1. The molecule has 0 amide bonds. The first-order chi connectivity index (χ1) is 8.33. The molecular weight excluding hydrogens is 218 g/mol. The molecule has 1 aromatic carbocycles. The van der Waals surface area contributed by atoms with E-state index in [1.165, 1.54) is 0 Å². The average molecular weight is 235 g/mol. The van der Waals surface area contributed by atoms with Crippen LogP contribution in [0.1, 0.15) is 6.42 Å². The van der Waals surface area contributed by atoms with Crippen LogP contribution in [0, 0.1) is 0 Å². The van der Waals surface area contributed by atoms with Crippen molar-refractivity contribution in [1.29, 1.82) is 0 Å². The lowest BCUT2D eigenvalue weighted by atomic mass is 10.3. The van der Waals surface area contributed by atoms with Gasteiger partial charge in [0.25, 0.3) is 0 Å². The molecular formula is C12H17N3O2. The zero-order valence-corrected chi connectivity index (χ0v) is 9.69. The van der Waals surface area contributed by atoms with Gasteiger partial charge >= 0.3 is 5.69 Å². The fourth-order valence-electron chi connectivity index (χ4n) is 1.84. The topological polar surface area (TPSA) is 73.0 Å². The normalized spacial score (nSPS) is 11.1. The van der Waals surface area contributed by atoms with Gasteiger partial charge in [0.2, 0.25) is 0 Å². The molecule has 2 aromatic rings. The van der Waals surface area contributed by atoms with Gasteiger partial charge in [0.05, 0.1) is 17.6 Å². The van der Waals surface area contributed by atoms with Gasteiger partial charge in [-0.15, -0.1) is 0 Å². The van der Waals surface area contributed by atoms with Crippen LogP contribution < -0.4 is 11.4 Å². The minimum Gasteiger partial charge on any atom is -0.380 e. The number of para-hydroxylation sites is 2. The molecule has 0 aliphatic carbocycles. The van der Waals surface area contributed by atoms with Crippen LogP contribution in [0.4, 0.5) is 0 Å². The van der Waals surface area contributed by atoms with Crippen LogP contribution in [0.2, 0.25) is 0 Å². The lowest BCUT2D eigenvalue weighted by Crippen LogP contribution is -2.18. The standard InChI is InChI=1S/C12H17N3O2/c13-6-9-17-8-3-7-15-11-5-2-1-4-10(11)14-12(15)16/h1-2,4-5H,3,6-9,13H2,(H,14,16). The Morgan fingerprint density at radius 1 is 1.29 bits per heavy atom. The third kappa shape index (κ3) is 2.75. The van der Waals surface area contributed by atoms with Crippen molar-refractivity contribution in [3.05, 3.63) is 34.7 Å². The third-order valence-electron chi connectivity index (χ3n) is 2.61. The SMILES string of the molecule is NCCOCCCn1c(=O)[nH]c2ccccc21. The smallest absolute Gasteiger partial charge is 0.326 e. The number of aryl methyl sites for hydroxylation is 1. The van der Waals surface area contributed by atoms with E-state index in [2.05, 4.69) is 4.98 Å². The minimum atomic E-state index is -0.0648. The molecule has 1 heterocycles. The van der Waals surface area contributed by atoms with Crippen LogP contribution in [0.15, 0.2) is 29.1 Å². The summed E-state index contributed by atoms with van der Waals surface area (Å²) in [4.78, 5) is 14.5. The molecule has 5 heteroatoms. The van der Waals surface area contributed by atoms with Crippen molar-refractivity contribution in [2.24, 2.45) is 5.73 Å². The van der Waals surface area contributed by atoms with Crippen LogP contribution in [0.3, 0.4) is 0 Å². The summed E-state index contributed by atoms with van der Waals surface area (Å²) in [5.74, 6) is 0. The Bertz CT molecular complexity index is 530. The van der Waals surface area contributed by atoms with Gasteiger partial charge in [-0.05, 0) is 18.6 Å². The molecule has 2 rings (SSSR count). The molecule has 0 bridgehead atoms. The zero-order chi connectivity index (χ0) is 12.1. The summed E-state index contributed by atoms with van der Waals surface area (Å²) in [6.07, 6.45) is 0.807. The van der Waals surface area contributed by atoms with Crippen LogP contribution in [0.25, 0.3) is 11.0 Å². The van der Waals surface area contributed by atoms with Gasteiger partial charge < -0.3 is 15.5 Å². The molecule has 17 heavy (non-hydrogen) atoms. The van der Waals surface area contributed by atoms with Gasteiger partial charge in [-0.2, -0.15) is 0 Å². The number of rotatable bonds is 6. The van der Waals surface area contributed by atoms with E-state index in [0.29, 0.717) is 26.3 Å². The van der Waals surface area contributed by atoms with Crippen LogP contribution >= 0.6 is 0 Å². The molecule has 0 aliphatic rings. The monoisotopic (exact) mass is 235 g/mol. The predicted molar refractivity (Wildman–Crippen MR) is 67.0 cm³/mol. The second-order valence-corrected chi connectivity index (χ2v) is 3.85. The number of ether oxygens (including phenoxy) is 1. The zero-order valence-electron chi connectivity index (χ0n) is 9.69. The third-order valence-corrected chi connectivity index (χ3v) is 2.61. The molecule has 92 valence electrons. The summed E-state index contributed by atoms with van der Waals surface area (Å²) in [6, 6.07) is 7.68. The van der Waals surface area contributed by atoms with E-state index in [-0.39, 0.29) is 5.69 Å². The number of hydrogen-bond acceptors (Lipinski definition) is 3. The predicted octanol–water partition coefficient (Wildman–Crippen LogP) is 0.695. The van der Waals surface area contributed by atoms with Crippen molar-refractivity contribution in [2.45, 2.75) is 13.0 Å². The van der Waals surface area contributed by atoms with E-state index in [0.717, 1.165) is 17.5 Å². The Labute approximate surface area is 99.2 Å². The van der Waals surface area contributed by atoms with E-state index >= 15 is 0 Å². The van der Waals surface area contributed by atoms with Gasteiger partial charge in [0.15, 0.2) is 0 Å². The van der Waals surface area contributed by atoms with Crippen molar-refractivity contribution in [1.82, 2.24) is 9.55 Å². The van der Waals surface area contributed by atoms with Gasteiger partial charge in [0.1, 0.15) is 0 Å². The maximum absolute atomic E-state index is 11.7. The van der Waals surface area contributed by atoms with Gasteiger partial charge in [-0.1, -0.05) is 12.1 Å². The minimum absolute atomic E-state index is 0.0648. The van der Waals surface area contributed by atoms with Crippen molar-refractivity contribution in [3.8, 4) is 0 Å². The number of nitrogens with zero attached hydrogens (tertiary/aromatic N) is 1. The number of nitrogens with one attached hydrogen (secondary N) is 1. The van der Waals surface area contributed by atoms with Crippen molar-refractivity contribution in [2.75, 3.05) is 19.8 Å². The highest BCUT2D eigenvalue weighted by Crippen LogP contribution is 2.09. The second-order valence-electron chi connectivity index (χ2n) is 3.85. The van der Waals surface area contributed by atoms with Gasteiger partial charge in [-0.25, -0.2) is 4.79 Å². The highest BCUT2D eigenvalue weighted by Gasteiger charge is 2.04. The fourth-order valence-corrected chi connectivity index (χ4v) is 1.84. The van der Waals surface area contributed by atoms with Gasteiger partial charge in [-0.3, -0.25) is 4.57 Å². The molecule has 0 saturated heterocycles. The molecule has 0 radical (unpaired) electrons. The molecule has 0 spiro atoms. The van der Waals surface area contributed by atoms with Crippen molar-refractivity contribution < 1.29 is 4.74 Å². The molecule has 3 N–H and O–H groups in total. The number of benzene rings is 1. The Morgan fingerprint density at radius 3 is 2.94 bits per heavy atom. The molecule has 0 aliphatic heterocycles. The maximum atomic E-state index is 11.7.